The molecule has 0 N–H and O–H groups in total. The molecule has 0 radical (unpaired) electrons. The van der Waals surface area contributed by atoms with E-state index in [9.17, 15) is 9.59 Å². The molecule has 0 aliphatic heterocycles. The quantitative estimate of drug-likeness (QED) is 0.380. The van der Waals surface area contributed by atoms with Gasteiger partial charge in [-0.2, -0.15) is 0 Å². The Morgan fingerprint density at radius 3 is 1.97 bits per heavy atom. The van der Waals surface area contributed by atoms with E-state index in [1.54, 1.807) is 0 Å². The molecule has 148 valence electrons. The van der Waals surface area contributed by atoms with Gasteiger partial charge in [0.2, 0.25) is 0 Å². The molecule has 0 aliphatic rings. The molecule has 0 aliphatic carbocycles. The number of benzene rings is 4. The lowest BCUT2D eigenvalue weighted by atomic mass is 10.1. The van der Waals surface area contributed by atoms with E-state index in [1.807, 2.05) is 97.1 Å². The molecule has 6 aromatic rings. The molecule has 0 saturated heterocycles. The smallest absolute Gasteiger partial charge is 0.321 e. The Kier molecular flexibility index (Phi) is 3.70. The molecular weight excluding hydrogens is 388 g/mol. The number of hydrogen-bond acceptors (Lipinski definition) is 3. The molecule has 0 amide bonds. The van der Waals surface area contributed by atoms with Crippen LogP contribution >= 0.6 is 0 Å². The third kappa shape index (κ3) is 2.50. The third-order valence-electron chi connectivity index (χ3n) is 5.59. The fourth-order valence-electron chi connectivity index (χ4n) is 4.27. The van der Waals surface area contributed by atoms with Crippen molar-refractivity contribution in [3.8, 4) is 11.4 Å². The van der Waals surface area contributed by atoms with E-state index in [1.165, 1.54) is 9.13 Å². The SMILES string of the molecule is O=c1c(=O)n(-c2cccc3oc4ccccc4c23)c2ccccc2n1-c1ccccc1. The lowest BCUT2D eigenvalue weighted by Crippen LogP contribution is -2.40. The standard InChI is InChI=1S/C26H16N2O3/c29-25-26(30)28(20-13-6-5-12-19(20)27(25)17-9-2-1-3-10-17)21-14-8-16-23-24(21)18-11-4-7-15-22(18)31-23/h1-16H. The molecule has 2 heterocycles. The topological polar surface area (TPSA) is 57.1 Å². The number of rotatable bonds is 2. The lowest BCUT2D eigenvalue weighted by Gasteiger charge is -2.15. The van der Waals surface area contributed by atoms with Crippen molar-refractivity contribution >= 4 is 33.0 Å². The van der Waals surface area contributed by atoms with Crippen LogP contribution in [0.25, 0.3) is 44.3 Å². The minimum atomic E-state index is -0.611. The highest BCUT2D eigenvalue weighted by molar-refractivity contribution is 6.09. The molecule has 6 rings (SSSR count). The van der Waals surface area contributed by atoms with Crippen LogP contribution < -0.4 is 11.1 Å². The predicted molar refractivity (Wildman–Crippen MR) is 122 cm³/mol. The molecule has 0 unspecified atom stereocenters. The van der Waals surface area contributed by atoms with Gasteiger partial charge in [0, 0.05) is 11.1 Å². The number of aromatic nitrogens is 2. The van der Waals surface area contributed by atoms with E-state index in [0.717, 1.165) is 16.4 Å². The van der Waals surface area contributed by atoms with Crippen LogP contribution in [0.15, 0.2) is 111 Å². The largest absolute Gasteiger partial charge is 0.456 e. The van der Waals surface area contributed by atoms with Gasteiger partial charge >= 0.3 is 11.1 Å². The van der Waals surface area contributed by atoms with Crippen molar-refractivity contribution < 1.29 is 4.42 Å². The van der Waals surface area contributed by atoms with Crippen LogP contribution in [0, 0.1) is 0 Å². The second-order valence-corrected chi connectivity index (χ2v) is 7.35. The van der Waals surface area contributed by atoms with E-state index in [-0.39, 0.29) is 0 Å². The molecule has 5 nitrogen and oxygen atoms in total. The Labute approximate surface area is 176 Å². The number of para-hydroxylation sites is 4. The van der Waals surface area contributed by atoms with Crippen molar-refractivity contribution in [3.05, 3.63) is 118 Å². The molecule has 0 fully saturated rings. The highest BCUT2D eigenvalue weighted by atomic mass is 16.3. The number of hydrogen-bond donors (Lipinski definition) is 0. The molecular formula is C26H16N2O3. The van der Waals surface area contributed by atoms with Gasteiger partial charge in [-0.15, -0.1) is 0 Å². The summed E-state index contributed by atoms with van der Waals surface area (Å²) in [5.74, 6) is 0. The predicted octanol–water partition coefficient (Wildman–Crippen LogP) is 5.04. The molecule has 0 spiro atoms. The molecule has 5 heteroatoms. The first kappa shape index (κ1) is 17.5. The fraction of sp³-hybridized carbons (Fsp3) is 0. The van der Waals surface area contributed by atoms with Gasteiger partial charge in [-0.1, -0.05) is 54.6 Å². The Morgan fingerprint density at radius 1 is 0.548 bits per heavy atom. The van der Waals surface area contributed by atoms with Crippen LogP contribution in [0.2, 0.25) is 0 Å². The van der Waals surface area contributed by atoms with Crippen LogP contribution in [0.5, 0.6) is 0 Å². The van der Waals surface area contributed by atoms with E-state index in [0.29, 0.717) is 28.0 Å². The molecule has 4 aromatic carbocycles. The van der Waals surface area contributed by atoms with Crippen molar-refractivity contribution in [1.29, 1.82) is 0 Å². The number of nitrogens with zero attached hydrogens (tertiary/aromatic N) is 2. The zero-order valence-corrected chi connectivity index (χ0v) is 16.4. The van der Waals surface area contributed by atoms with E-state index >= 15 is 0 Å². The van der Waals surface area contributed by atoms with Crippen LogP contribution in [-0.4, -0.2) is 9.13 Å². The van der Waals surface area contributed by atoms with Gasteiger partial charge in [-0.05, 0) is 42.5 Å². The van der Waals surface area contributed by atoms with Crippen molar-refractivity contribution in [2.45, 2.75) is 0 Å². The number of furan rings is 1. The van der Waals surface area contributed by atoms with Gasteiger partial charge in [0.1, 0.15) is 11.2 Å². The Hall–Kier alpha value is -4.38. The Balaban J connectivity index is 1.81. The summed E-state index contributed by atoms with van der Waals surface area (Å²) in [6, 6.07) is 29.9. The molecule has 31 heavy (non-hydrogen) atoms. The van der Waals surface area contributed by atoms with Gasteiger partial charge < -0.3 is 4.42 Å². The average molecular weight is 404 g/mol. The summed E-state index contributed by atoms with van der Waals surface area (Å²) in [5, 5.41) is 1.71. The van der Waals surface area contributed by atoms with Crippen molar-refractivity contribution in [2.24, 2.45) is 0 Å². The minimum absolute atomic E-state index is 0.602. The maximum absolute atomic E-state index is 13.5. The Bertz CT molecular complexity index is 1720. The van der Waals surface area contributed by atoms with Crippen molar-refractivity contribution in [3.63, 3.8) is 0 Å². The lowest BCUT2D eigenvalue weighted by molar-refractivity contribution is 0.669. The van der Waals surface area contributed by atoms with Crippen LogP contribution in [0.1, 0.15) is 0 Å². The monoisotopic (exact) mass is 404 g/mol. The van der Waals surface area contributed by atoms with Gasteiger partial charge in [0.25, 0.3) is 0 Å². The van der Waals surface area contributed by atoms with Crippen molar-refractivity contribution in [2.75, 3.05) is 0 Å². The first-order chi connectivity index (χ1) is 15.2. The van der Waals surface area contributed by atoms with Gasteiger partial charge in [0.15, 0.2) is 0 Å². The zero-order valence-electron chi connectivity index (χ0n) is 16.4. The van der Waals surface area contributed by atoms with Crippen LogP contribution in [0.3, 0.4) is 0 Å². The fourth-order valence-corrected chi connectivity index (χ4v) is 4.27. The van der Waals surface area contributed by atoms with E-state index in [2.05, 4.69) is 0 Å². The first-order valence-corrected chi connectivity index (χ1v) is 9.97. The van der Waals surface area contributed by atoms with Crippen LogP contribution in [-0.2, 0) is 0 Å². The van der Waals surface area contributed by atoms with E-state index < -0.39 is 11.1 Å². The summed E-state index contributed by atoms with van der Waals surface area (Å²) in [4.78, 5) is 26.8. The van der Waals surface area contributed by atoms with Crippen LogP contribution in [0.4, 0.5) is 0 Å². The average Bonchev–Trinajstić information content (AvgIpc) is 3.20. The minimum Gasteiger partial charge on any atom is -0.456 e. The van der Waals surface area contributed by atoms with Crippen molar-refractivity contribution in [1.82, 2.24) is 9.13 Å². The Morgan fingerprint density at radius 2 is 1.16 bits per heavy atom. The highest BCUT2D eigenvalue weighted by Gasteiger charge is 2.19. The molecule has 2 aromatic heterocycles. The van der Waals surface area contributed by atoms with Gasteiger partial charge in [-0.25, -0.2) is 0 Å². The summed E-state index contributed by atoms with van der Waals surface area (Å²) < 4.78 is 8.97. The summed E-state index contributed by atoms with van der Waals surface area (Å²) in [5.41, 5.74) is 2.77. The molecule has 0 saturated carbocycles. The summed E-state index contributed by atoms with van der Waals surface area (Å²) >= 11 is 0. The van der Waals surface area contributed by atoms with Gasteiger partial charge in [0.05, 0.1) is 22.1 Å². The maximum Gasteiger partial charge on any atom is 0.321 e. The first-order valence-electron chi connectivity index (χ1n) is 9.97. The second kappa shape index (κ2) is 6.57. The zero-order chi connectivity index (χ0) is 20.9. The summed E-state index contributed by atoms with van der Waals surface area (Å²) in [7, 11) is 0. The number of fused-ring (bicyclic) bond motifs is 4. The summed E-state index contributed by atoms with van der Waals surface area (Å²) in [6.45, 7) is 0. The molecule has 0 bridgehead atoms. The van der Waals surface area contributed by atoms with Gasteiger partial charge in [-0.3, -0.25) is 18.7 Å². The maximum atomic E-state index is 13.5. The molecule has 0 atom stereocenters. The summed E-state index contributed by atoms with van der Waals surface area (Å²) in [6.07, 6.45) is 0. The second-order valence-electron chi connectivity index (χ2n) is 7.35. The third-order valence-corrected chi connectivity index (χ3v) is 5.59. The van der Waals surface area contributed by atoms with E-state index in [4.69, 9.17) is 4.42 Å². The highest BCUT2D eigenvalue weighted by Crippen LogP contribution is 2.33. The normalized spacial score (nSPS) is 11.5.